The van der Waals surface area contributed by atoms with Gasteiger partial charge in [0.15, 0.2) is 0 Å². The monoisotopic (exact) mass is 454 g/mol. The Bertz CT molecular complexity index is 288. The van der Waals surface area contributed by atoms with Crippen LogP contribution < -0.4 is 0 Å². The van der Waals surface area contributed by atoms with E-state index in [1.807, 2.05) is 0 Å². The van der Waals surface area contributed by atoms with E-state index in [2.05, 4.69) is 6.92 Å². The molecule has 0 aromatic rings. The first-order chi connectivity index (χ1) is 9.19. The molecule has 4 nitrogen and oxygen atoms in total. The Morgan fingerprint density at radius 1 is 0.900 bits per heavy atom. The van der Waals surface area contributed by atoms with Gasteiger partial charge >= 0.3 is 104 Å². The molecule has 0 bridgehead atoms. The standard InChI is InChI=1S/C8H17.C4H4O4.3ClH.Sn/c1-3-5-7-8-6-4-2;5-3(6)1-2-4(7)8;;;;/h1,3-8H2,2H3;1-2H,(H,5,6)(H,7,8);3*1H;/q;;;;;+3/p-3/b;2-1-;;;;. The number of hydrogen-bond donors (Lipinski definition) is 2. The number of carbonyl (C=O) groups is 2. The third-order valence-corrected chi connectivity index (χ3v) is 8.61. The summed E-state index contributed by atoms with van der Waals surface area (Å²) in [7, 11) is 17.4. The van der Waals surface area contributed by atoms with Crippen LogP contribution in [0.15, 0.2) is 12.2 Å². The van der Waals surface area contributed by atoms with Crippen LogP contribution in [0.3, 0.4) is 0 Å². The molecule has 0 amide bonds. The molecule has 0 aromatic carbocycles. The second-order valence-corrected chi connectivity index (χ2v) is 26.0. The van der Waals surface area contributed by atoms with Crippen molar-refractivity contribution in [2.24, 2.45) is 0 Å². The summed E-state index contributed by atoms with van der Waals surface area (Å²) in [6.07, 6.45) is 8.76. The first-order valence-electron chi connectivity index (χ1n) is 6.39. The molecule has 118 valence electrons. The van der Waals surface area contributed by atoms with E-state index in [9.17, 15) is 9.59 Å². The van der Waals surface area contributed by atoms with Gasteiger partial charge in [0.05, 0.1) is 0 Å². The third-order valence-electron chi connectivity index (χ3n) is 2.18. The van der Waals surface area contributed by atoms with Crippen molar-refractivity contribution in [2.45, 2.75) is 49.9 Å². The fourth-order valence-electron chi connectivity index (χ4n) is 1.25. The van der Waals surface area contributed by atoms with Gasteiger partial charge in [-0.15, -0.1) is 0 Å². The van der Waals surface area contributed by atoms with Gasteiger partial charge in [-0.2, -0.15) is 0 Å². The molecule has 8 heteroatoms. The molecular weight excluding hydrogens is 433 g/mol. The Balaban J connectivity index is 0. The normalized spacial score (nSPS) is 11.0. The zero-order chi connectivity index (χ0) is 16.0. The average Bonchev–Trinajstić information content (AvgIpc) is 2.30. The zero-order valence-corrected chi connectivity index (χ0v) is 16.6. The quantitative estimate of drug-likeness (QED) is 0.301. The van der Waals surface area contributed by atoms with Crippen molar-refractivity contribution < 1.29 is 19.8 Å². The van der Waals surface area contributed by atoms with Gasteiger partial charge in [0, 0.05) is 12.2 Å². The van der Waals surface area contributed by atoms with E-state index in [1.165, 1.54) is 32.1 Å². The molecule has 20 heavy (non-hydrogen) atoms. The first kappa shape index (κ1) is 22.6. The minimum atomic E-state index is -2.96. The maximum absolute atomic E-state index is 9.55. The van der Waals surface area contributed by atoms with Gasteiger partial charge in [-0.1, -0.05) is 0 Å². The van der Waals surface area contributed by atoms with E-state index < -0.39 is 26.9 Å². The molecule has 0 rings (SSSR count). The van der Waals surface area contributed by atoms with Crippen molar-refractivity contribution in [1.29, 1.82) is 0 Å². The van der Waals surface area contributed by atoms with Crippen molar-refractivity contribution in [3.8, 4) is 0 Å². The van der Waals surface area contributed by atoms with Crippen LogP contribution in [-0.2, 0) is 9.59 Å². The summed E-state index contributed by atoms with van der Waals surface area (Å²) in [5.41, 5.74) is 0. The summed E-state index contributed by atoms with van der Waals surface area (Å²) >= 11 is -2.96. The minimum Gasteiger partial charge on any atom is -0.478 e. The Labute approximate surface area is 135 Å². The summed E-state index contributed by atoms with van der Waals surface area (Å²) in [5, 5.41) is 15.6. The van der Waals surface area contributed by atoms with Crippen molar-refractivity contribution in [3.63, 3.8) is 0 Å². The number of aliphatic carboxylic acids is 2. The largest absolute Gasteiger partial charge is 0.478 e. The van der Waals surface area contributed by atoms with Gasteiger partial charge in [0.2, 0.25) is 0 Å². The number of carboxylic acids is 2. The second kappa shape index (κ2) is 14.3. The predicted molar refractivity (Wildman–Crippen MR) is 85.9 cm³/mol. The first-order valence-corrected chi connectivity index (χ1v) is 19.3. The Morgan fingerprint density at radius 3 is 1.65 bits per heavy atom. The molecule has 0 spiro atoms. The number of halogens is 3. The van der Waals surface area contributed by atoms with E-state index >= 15 is 0 Å². The molecule has 0 unspecified atom stereocenters. The summed E-state index contributed by atoms with van der Waals surface area (Å²) in [6, 6.07) is 0. The summed E-state index contributed by atoms with van der Waals surface area (Å²) in [4.78, 5) is 19.1. The van der Waals surface area contributed by atoms with Crippen molar-refractivity contribution in [3.05, 3.63) is 12.2 Å². The molecule has 0 heterocycles. The number of hydrogen-bond acceptors (Lipinski definition) is 2. The molecule has 0 saturated heterocycles. The molecule has 0 aliphatic heterocycles. The maximum atomic E-state index is 9.55. The summed E-state index contributed by atoms with van der Waals surface area (Å²) < 4.78 is 0.894. The topological polar surface area (TPSA) is 74.6 Å². The van der Waals surface area contributed by atoms with Gasteiger partial charge in [-0.05, 0) is 0 Å². The van der Waals surface area contributed by atoms with Crippen LogP contribution in [0.25, 0.3) is 0 Å². The Hall–Kier alpha value is 0.349. The molecule has 0 saturated carbocycles. The Morgan fingerprint density at radius 2 is 1.30 bits per heavy atom. The van der Waals surface area contributed by atoms with Gasteiger partial charge in [0.25, 0.3) is 0 Å². The molecule has 0 fully saturated rings. The smallest absolute Gasteiger partial charge is 0.328 e. The fraction of sp³-hybridized carbons (Fsp3) is 0.667. The van der Waals surface area contributed by atoms with E-state index in [4.69, 9.17) is 37.0 Å². The van der Waals surface area contributed by atoms with Crippen LogP contribution in [0, 0.1) is 0 Å². The molecular formula is C12H21Cl3O4Sn. The molecule has 0 aliphatic rings. The molecule has 0 radical (unpaired) electrons. The Kier molecular flexibility index (Phi) is 16.2. The predicted octanol–water partition coefficient (Wildman–Crippen LogP) is 4.71. The van der Waals surface area contributed by atoms with Crippen molar-refractivity contribution in [1.82, 2.24) is 0 Å². The maximum Gasteiger partial charge on any atom is 0.328 e. The third kappa shape index (κ3) is 26.8. The van der Waals surface area contributed by atoms with E-state index in [0.717, 1.165) is 10.9 Å². The molecule has 2 N–H and O–H groups in total. The molecule has 0 aromatic heterocycles. The van der Waals surface area contributed by atoms with Gasteiger partial charge < -0.3 is 10.2 Å². The van der Waals surface area contributed by atoms with Gasteiger partial charge in [0.1, 0.15) is 0 Å². The van der Waals surface area contributed by atoms with Crippen LogP contribution in [0.5, 0.6) is 0 Å². The second-order valence-electron chi connectivity index (χ2n) is 4.14. The van der Waals surface area contributed by atoms with Crippen molar-refractivity contribution in [2.75, 3.05) is 0 Å². The fourth-order valence-corrected chi connectivity index (χ4v) is 5.80. The molecule has 0 atom stereocenters. The molecule has 0 aliphatic carbocycles. The average molecular weight is 454 g/mol. The van der Waals surface area contributed by atoms with Crippen LogP contribution in [0.1, 0.15) is 45.4 Å². The van der Waals surface area contributed by atoms with Crippen molar-refractivity contribution >= 4 is 53.7 Å². The van der Waals surface area contributed by atoms with E-state index in [1.54, 1.807) is 0 Å². The SMILES string of the molecule is CCCCCCC[CH2][Sn]([Cl])([Cl])[Cl].O=C(O)/C=C\C(=O)O. The summed E-state index contributed by atoms with van der Waals surface area (Å²) in [6.45, 7) is 2.22. The van der Waals surface area contributed by atoms with E-state index in [-0.39, 0.29) is 0 Å². The van der Waals surface area contributed by atoms with Gasteiger partial charge in [-0.3, -0.25) is 0 Å². The summed E-state index contributed by atoms with van der Waals surface area (Å²) in [5.74, 6) is -2.51. The number of unbranched alkanes of at least 4 members (excludes halogenated alkanes) is 5. The van der Waals surface area contributed by atoms with Crippen LogP contribution in [0.4, 0.5) is 0 Å². The van der Waals surface area contributed by atoms with Crippen LogP contribution in [0.2, 0.25) is 4.44 Å². The number of carboxylic acid groups (broad SMARTS) is 2. The number of rotatable bonds is 9. The van der Waals surface area contributed by atoms with Crippen LogP contribution >= 0.6 is 26.8 Å². The van der Waals surface area contributed by atoms with Gasteiger partial charge in [-0.25, -0.2) is 9.59 Å². The minimum absolute atomic E-state index is 0.558. The zero-order valence-electron chi connectivity index (χ0n) is 11.4. The van der Waals surface area contributed by atoms with E-state index in [0.29, 0.717) is 12.2 Å². The van der Waals surface area contributed by atoms with Crippen LogP contribution in [-0.4, -0.2) is 37.1 Å².